The minimum atomic E-state index is -1.20. The Kier molecular flexibility index (Phi) is 6.72. The van der Waals surface area contributed by atoms with Gasteiger partial charge in [-0.25, -0.2) is 9.59 Å². The Bertz CT molecular complexity index is 729. The molecular weight excluding hydrogens is 332 g/mol. The molecule has 1 unspecified atom stereocenters. The number of benzene rings is 1. The zero-order chi connectivity index (χ0) is 19.1. The molecule has 1 aromatic carbocycles. The highest BCUT2D eigenvalue weighted by molar-refractivity contribution is 5.79. The standard InChI is InChI=1S/C20H24N2O4/c1-14(2)13-18(19(23)24)22(20(25)26)12-9-15-3-5-16(6-4-15)17-7-10-21-11-8-17/h3-8,10-11,14,18H,9,12-13H2,1-2H3,(H,23,24)(H,25,26). The number of hydrogen-bond donors (Lipinski definition) is 2. The fourth-order valence-corrected chi connectivity index (χ4v) is 2.85. The van der Waals surface area contributed by atoms with E-state index in [4.69, 9.17) is 0 Å². The van der Waals surface area contributed by atoms with Crippen LogP contribution in [-0.4, -0.2) is 44.7 Å². The highest BCUT2D eigenvalue weighted by atomic mass is 16.4. The van der Waals surface area contributed by atoms with Crippen molar-refractivity contribution in [3.8, 4) is 11.1 Å². The number of pyridine rings is 1. The van der Waals surface area contributed by atoms with Crippen molar-refractivity contribution in [2.75, 3.05) is 6.54 Å². The van der Waals surface area contributed by atoms with Gasteiger partial charge in [0.15, 0.2) is 0 Å². The van der Waals surface area contributed by atoms with Crippen molar-refractivity contribution in [2.45, 2.75) is 32.7 Å². The van der Waals surface area contributed by atoms with Gasteiger partial charge in [-0.1, -0.05) is 38.1 Å². The molecule has 1 amide bonds. The Morgan fingerprint density at radius 2 is 1.58 bits per heavy atom. The van der Waals surface area contributed by atoms with E-state index in [-0.39, 0.29) is 12.5 Å². The van der Waals surface area contributed by atoms with E-state index >= 15 is 0 Å². The summed E-state index contributed by atoms with van der Waals surface area (Å²) in [4.78, 5) is 28.1. The maximum Gasteiger partial charge on any atom is 0.408 e. The number of carboxylic acid groups (broad SMARTS) is 2. The number of aromatic nitrogens is 1. The average Bonchev–Trinajstić information content (AvgIpc) is 2.61. The lowest BCUT2D eigenvalue weighted by atomic mass is 10.0. The maximum atomic E-state index is 11.5. The second-order valence-corrected chi connectivity index (χ2v) is 6.64. The van der Waals surface area contributed by atoms with Crippen LogP contribution in [0, 0.1) is 5.92 Å². The topological polar surface area (TPSA) is 90.7 Å². The first-order chi connectivity index (χ1) is 12.4. The molecule has 1 aromatic heterocycles. The molecule has 2 aromatic rings. The second kappa shape index (κ2) is 8.99. The predicted molar refractivity (Wildman–Crippen MR) is 99.0 cm³/mol. The maximum absolute atomic E-state index is 11.5. The highest BCUT2D eigenvalue weighted by Crippen LogP contribution is 2.19. The summed E-state index contributed by atoms with van der Waals surface area (Å²) in [6, 6.07) is 10.6. The number of carbonyl (C=O) groups is 2. The van der Waals surface area contributed by atoms with Gasteiger partial charge in [0.25, 0.3) is 0 Å². The smallest absolute Gasteiger partial charge is 0.408 e. The summed E-state index contributed by atoms with van der Waals surface area (Å²) in [7, 11) is 0. The predicted octanol–water partition coefficient (Wildman–Crippen LogP) is 3.77. The molecule has 0 saturated heterocycles. The van der Waals surface area contributed by atoms with Gasteiger partial charge >= 0.3 is 12.1 Å². The minimum Gasteiger partial charge on any atom is -0.480 e. The first-order valence-corrected chi connectivity index (χ1v) is 8.60. The third kappa shape index (κ3) is 5.31. The van der Waals surface area contributed by atoms with Crippen molar-refractivity contribution in [2.24, 2.45) is 5.92 Å². The summed E-state index contributed by atoms with van der Waals surface area (Å²) < 4.78 is 0. The number of nitrogens with zero attached hydrogens (tertiary/aromatic N) is 2. The molecule has 6 heteroatoms. The van der Waals surface area contributed by atoms with E-state index in [1.54, 1.807) is 12.4 Å². The van der Waals surface area contributed by atoms with Gasteiger partial charge in [0.2, 0.25) is 0 Å². The van der Waals surface area contributed by atoms with E-state index < -0.39 is 18.1 Å². The molecule has 26 heavy (non-hydrogen) atoms. The Morgan fingerprint density at radius 1 is 1.00 bits per heavy atom. The molecule has 2 rings (SSSR count). The number of amides is 1. The summed E-state index contributed by atoms with van der Waals surface area (Å²) in [5.41, 5.74) is 3.07. The van der Waals surface area contributed by atoms with Gasteiger partial charge in [0.1, 0.15) is 6.04 Å². The zero-order valence-electron chi connectivity index (χ0n) is 15.0. The fraction of sp³-hybridized carbons (Fsp3) is 0.350. The number of aliphatic carboxylic acids is 1. The average molecular weight is 356 g/mol. The van der Waals surface area contributed by atoms with Gasteiger partial charge in [-0.05, 0) is 47.6 Å². The van der Waals surface area contributed by atoms with Crippen LogP contribution in [0.5, 0.6) is 0 Å². The third-order valence-corrected chi connectivity index (χ3v) is 4.21. The Labute approximate surface area is 153 Å². The van der Waals surface area contributed by atoms with Gasteiger partial charge in [-0.2, -0.15) is 0 Å². The largest absolute Gasteiger partial charge is 0.480 e. The summed E-state index contributed by atoms with van der Waals surface area (Å²) in [5.74, 6) is -1.01. The van der Waals surface area contributed by atoms with E-state index in [2.05, 4.69) is 4.98 Å². The molecule has 0 spiro atoms. The van der Waals surface area contributed by atoms with Crippen LogP contribution in [0.3, 0.4) is 0 Å². The molecule has 0 bridgehead atoms. The van der Waals surface area contributed by atoms with Crippen molar-refractivity contribution in [3.05, 3.63) is 54.4 Å². The van der Waals surface area contributed by atoms with Crippen molar-refractivity contribution >= 4 is 12.1 Å². The van der Waals surface area contributed by atoms with Gasteiger partial charge in [0, 0.05) is 18.9 Å². The summed E-state index contributed by atoms with van der Waals surface area (Å²) in [6.07, 6.45) is 3.02. The van der Waals surface area contributed by atoms with Crippen LogP contribution in [0.1, 0.15) is 25.8 Å². The van der Waals surface area contributed by atoms with Crippen LogP contribution in [0.15, 0.2) is 48.8 Å². The fourth-order valence-electron chi connectivity index (χ4n) is 2.85. The number of rotatable bonds is 8. The van der Waals surface area contributed by atoms with Crippen LogP contribution in [0.4, 0.5) is 4.79 Å². The lowest BCUT2D eigenvalue weighted by Gasteiger charge is -2.27. The molecule has 0 aliphatic rings. The van der Waals surface area contributed by atoms with Crippen molar-refractivity contribution in [1.82, 2.24) is 9.88 Å². The molecule has 0 fully saturated rings. The third-order valence-electron chi connectivity index (χ3n) is 4.21. The number of carboxylic acids is 1. The summed E-state index contributed by atoms with van der Waals surface area (Å²) in [6.45, 7) is 3.91. The van der Waals surface area contributed by atoms with E-state index in [0.29, 0.717) is 12.8 Å². The molecule has 138 valence electrons. The summed E-state index contributed by atoms with van der Waals surface area (Å²) >= 11 is 0. The Balaban J connectivity index is 2.06. The highest BCUT2D eigenvalue weighted by Gasteiger charge is 2.29. The van der Waals surface area contributed by atoms with Crippen LogP contribution >= 0.6 is 0 Å². The SMILES string of the molecule is CC(C)CC(C(=O)O)N(CCc1ccc(-c2ccncc2)cc1)C(=O)O. The van der Waals surface area contributed by atoms with E-state index in [1.807, 2.05) is 50.2 Å². The molecule has 2 N–H and O–H groups in total. The van der Waals surface area contributed by atoms with Crippen LogP contribution < -0.4 is 0 Å². The molecule has 1 atom stereocenters. The first kappa shape index (κ1) is 19.4. The molecule has 0 aliphatic heterocycles. The molecule has 0 radical (unpaired) electrons. The summed E-state index contributed by atoms with van der Waals surface area (Å²) in [5, 5.41) is 18.8. The van der Waals surface area contributed by atoms with Crippen LogP contribution in [-0.2, 0) is 11.2 Å². The lowest BCUT2D eigenvalue weighted by molar-refractivity contribution is -0.143. The second-order valence-electron chi connectivity index (χ2n) is 6.64. The zero-order valence-corrected chi connectivity index (χ0v) is 15.0. The Hall–Kier alpha value is -2.89. The van der Waals surface area contributed by atoms with Crippen molar-refractivity contribution in [3.63, 3.8) is 0 Å². The number of hydrogen-bond acceptors (Lipinski definition) is 3. The molecule has 6 nitrogen and oxygen atoms in total. The van der Waals surface area contributed by atoms with Gasteiger partial charge in [-0.3, -0.25) is 9.88 Å². The molecule has 0 aliphatic carbocycles. The quantitative estimate of drug-likeness (QED) is 0.751. The van der Waals surface area contributed by atoms with Gasteiger partial charge in [0.05, 0.1) is 0 Å². The lowest BCUT2D eigenvalue weighted by Crippen LogP contribution is -2.46. The van der Waals surface area contributed by atoms with Crippen LogP contribution in [0.25, 0.3) is 11.1 Å². The van der Waals surface area contributed by atoms with E-state index in [1.165, 1.54) is 0 Å². The monoisotopic (exact) mass is 356 g/mol. The van der Waals surface area contributed by atoms with E-state index in [0.717, 1.165) is 21.6 Å². The van der Waals surface area contributed by atoms with Crippen LogP contribution in [0.2, 0.25) is 0 Å². The molecular formula is C20H24N2O4. The van der Waals surface area contributed by atoms with Gasteiger partial charge in [-0.15, -0.1) is 0 Å². The molecule has 1 heterocycles. The first-order valence-electron chi connectivity index (χ1n) is 8.60. The normalized spacial score (nSPS) is 12.0. The Morgan fingerprint density at radius 3 is 2.08 bits per heavy atom. The van der Waals surface area contributed by atoms with Crippen molar-refractivity contribution in [1.29, 1.82) is 0 Å². The van der Waals surface area contributed by atoms with Crippen molar-refractivity contribution < 1.29 is 19.8 Å². The molecule has 0 saturated carbocycles. The minimum absolute atomic E-state index is 0.0950. The van der Waals surface area contributed by atoms with Gasteiger partial charge < -0.3 is 10.2 Å². The van der Waals surface area contributed by atoms with E-state index in [9.17, 15) is 19.8 Å².